The van der Waals surface area contributed by atoms with Crippen molar-refractivity contribution in [2.24, 2.45) is 0 Å². The van der Waals surface area contributed by atoms with Gasteiger partial charge in [-0.1, -0.05) is 27.7 Å². The molecule has 2 heterocycles. The number of pyridine rings is 2. The van der Waals surface area contributed by atoms with E-state index in [1.54, 1.807) is 24.5 Å². The molecule has 13 heteroatoms. The number of fused-ring (bicyclic) bond motifs is 4. The van der Waals surface area contributed by atoms with Crippen LogP contribution in [0.4, 0.5) is 22.7 Å². The summed E-state index contributed by atoms with van der Waals surface area (Å²) in [4.78, 5) is 70.7. The summed E-state index contributed by atoms with van der Waals surface area (Å²) in [6, 6.07) is 10.9. The smallest absolute Gasteiger partial charge is 0.198 e. The lowest BCUT2D eigenvalue weighted by Crippen LogP contribution is -2.27. The zero-order valence-electron chi connectivity index (χ0n) is 36.0. The number of aromatic nitrogens is 2. The van der Waals surface area contributed by atoms with Gasteiger partial charge in [0.15, 0.2) is 23.1 Å². The highest BCUT2D eigenvalue weighted by atomic mass is 16.1. The fourth-order valence-electron chi connectivity index (χ4n) is 8.21. The summed E-state index contributed by atoms with van der Waals surface area (Å²) >= 11 is 0. The van der Waals surface area contributed by atoms with Gasteiger partial charge in [-0.3, -0.25) is 29.1 Å². The molecule has 0 saturated carbocycles. The van der Waals surface area contributed by atoms with Gasteiger partial charge in [0, 0.05) is 84.8 Å². The Bertz CT molecular complexity index is 2010. The van der Waals surface area contributed by atoms with E-state index >= 15 is 0 Å². The number of benzene rings is 2. The van der Waals surface area contributed by atoms with Crippen LogP contribution in [0.5, 0.6) is 0 Å². The van der Waals surface area contributed by atoms with Crippen molar-refractivity contribution in [1.82, 2.24) is 24.7 Å². The van der Waals surface area contributed by atoms with Crippen LogP contribution in [0, 0.1) is 0 Å². The molecule has 2 aromatic carbocycles. The van der Waals surface area contributed by atoms with Crippen LogP contribution in [0.25, 0.3) is 0 Å². The van der Waals surface area contributed by atoms with Gasteiger partial charge in [0.25, 0.3) is 0 Å². The SMILES string of the molecule is CCN(CC)CCCNc1ccc(NCCCN(C)CCCNc2ccc(NCCCN(CC)CC)c3c2C(=O)c2cnccc2C3=O)c2c1C(=O)c1ccncc1C2=O. The molecular formula is C47H61N9O4. The van der Waals surface area contributed by atoms with Crippen LogP contribution in [0.2, 0.25) is 0 Å². The second kappa shape index (κ2) is 21.1. The van der Waals surface area contributed by atoms with Crippen molar-refractivity contribution in [1.29, 1.82) is 0 Å². The van der Waals surface area contributed by atoms with Crippen LogP contribution in [0.15, 0.2) is 61.2 Å². The summed E-state index contributed by atoms with van der Waals surface area (Å²) in [6.45, 7) is 18.7. The van der Waals surface area contributed by atoms with Gasteiger partial charge in [-0.05, 0) is 121 Å². The topological polar surface area (TPSA) is 152 Å². The highest BCUT2D eigenvalue weighted by Gasteiger charge is 2.35. The van der Waals surface area contributed by atoms with E-state index in [2.05, 4.69) is 80.7 Å². The van der Waals surface area contributed by atoms with Gasteiger partial charge in [0.2, 0.25) is 0 Å². The predicted octanol–water partition coefficient (Wildman–Crippen LogP) is 6.55. The molecule has 0 spiro atoms. The average molecular weight is 816 g/mol. The lowest BCUT2D eigenvalue weighted by atomic mass is 9.83. The summed E-state index contributed by atoms with van der Waals surface area (Å²) in [5.41, 5.74) is 5.71. The van der Waals surface area contributed by atoms with Crippen molar-refractivity contribution < 1.29 is 19.2 Å². The first kappa shape index (κ1) is 44.1. The Balaban J connectivity index is 1.04. The molecule has 4 aromatic rings. The molecule has 2 aliphatic carbocycles. The van der Waals surface area contributed by atoms with Crippen LogP contribution >= 0.6 is 0 Å². The van der Waals surface area contributed by atoms with Gasteiger partial charge in [-0.2, -0.15) is 0 Å². The van der Waals surface area contributed by atoms with E-state index < -0.39 is 0 Å². The van der Waals surface area contributed by atoms with Crippen molar-refractivity contribution in [3.8, 4) is 0 Å². The first-order chi connectivity index (χ1) is 29.2. The molecule has 6 rings (SSSR count). The van der Waals surface area contributed by atoms with Crippen molar-refractivity contribution >= 4 is 45.9 Å². The van der Waals surface area contributed by atoms with Crippen molar-refractivity contribution in [3.05, 3.63) is 106 Å². The number of hydrogen-bond donors (Lipinski definition) is 4. The molecule has 318 valence electrons. The number of nitrogens with zero attached hydrogens (tertiary/aromatic N) is 5. The molecule has 60 heavy (non-hydrogen) atoms. The Labute approximate surface area is 354 Å². The minimum absolute atomic E-state index is 0.169. The minimum atomic E-state index is -0.198. The normalized spacial score (nSPS) is 13.1. The van der Waals surface area contributed by atoms with Crippen LogP contribution in [0.3, 0.4) is 0 Å². The summed E-state index contributed by atoms with van der Waals surface area (Å²) in [6.07, 6.45) is 9.54. The van der Waals surface area contributed by atoms with Crippen LogP contribution in [0.1, 0.15) is 117 Å². The second-order valence-electron chi connectivity index (χ2n) is 15.5. The number of rotatable bonds is 24. The molecule has 13 nitrogen and oxygen atoms in total. The number of nitrogens with one attached hydrogen (secondary N) is 4. The van der Waals surface area contributed by atoms with E-state index in [1.165, 1.54) is 12.4 Å². The van der Waals surface area contributed by atoms with Gasteiger partial charge in [0.1, 0.15) is 0 Å². The average Bonchev–Trinajstić information content (AvgIpc) is 3.27. The lowest BCUT2D eigenvalue weighted by Gasteiger charge is -2.25. The molecule has 2 aliphatic rings. The van der Waals surface area contributed by atoms with E-state index in [0.717, 1.165) is 78.0 Å². The van der Waals surface area contributed by atoms with Crippen molar-refractivity contribution in [3.63, 3.8) is 0 Å². The molecule has 0 bridgehead atoms. The fourth-order valence-corrected chi connectivity index (χ4v) is 8.21. The quantitative estimate of drug-likeness (QED) is 0.0490. The number of carbonyl (C=O) groups excluding carboxylic acids is 4. The highest BCUT2D eigenvalue weighted by molar-refractivity contribution is 6.32. The molecule has 0 amide bonds. The first-order valence-corrected chi connectivity index (χ1v) is 21.7. The van der Waals surface area contributed by atoms with Crippen molar-refractivity contribution in [2.75, 3.05) is 107 Å². The molecule has 0 aliphatic heterocycles. The van der Waals surface area contributed by atoms with Gasteiger partial charge in [0.05, 0.1) is 33.4 Å². The summed E-state index contributed by atoms with van der Waals surface area (Å²) in [5.74, 6) is -0.733. The van der Waals surface area contributed by atoms with E-state index in [4.69, 9.17) is 0 Å². The third-order valence-corrected chi connectivity index (χ3v) is 11.7. The Morgan fingerprint density at radius 3 is 1.05 bits per heavy atom. The number of carbonyl (C=O) groups is 4. The monoisotopic (exact) mass is 815 g/mol. The molecule has 0 fully saturated rings. The molecule has 0 saturated heterocycles. The number of hydrogen-bond acceptors (Lipinski definition) is 13. The maximum Gasteiger partial charge on any atom is 0.198 e. The van der Waals surface area contributed by atoms with E-state index in [9.17, 15) is 19.2 Å². The molecular weight excluding hydrogens is 755 g/mol. The molecule has 2 aromatic heterocycles. The minimum Gasteiger partial charge on any atom is -0.384 e. The van der Waals surface area contributed by atoms with Crippen molar-refractivity contribution in [2.45, 2.75) is 53.4 Å². The predicted molar refractivity (Wildman–Crippen MR) is 241 cm³/mol. The fraction of sp³-hybridized carbons (Fsp3) is 0.447. The first-order valence-electron chi connectivity index (χ1n) is 21.7. The van der Waals surface area contributed by atoms with Crippen LogP contribution in [-0.4, -0.2) is 133 Å². The summed E-state index contributed by atoms with van der Waals surface area (Å²) in [7, 11) is 2.07. The van der Waals surface area contributed by atoms with Crippen LogP contribution < -0.4 is 21.3 Å². The molecule has 4 N–H and O–H groups in total. The third-order valence-electron chi connectivity index (χ3n) is 11.7. The van der Waals surface area contributed by atoms with Gasteiger partial charge in [-0.25, -0.2) is 0 Å². The zero-order chi connectivity index (χ0) is 42.6. The lowest BCUT2D eigenvalue weighted by molar-refractivity contribution is 0.0980. The maximum atomic E-state index is 13.9. The number of ketones is 4. The summed E-state index contributed by atoms with van der Waals surface area (Å²) < 4.78 is 0. The molecule has 0 atom stereocenters. The van der Waals surface area contributed by atoms with E-state index in [-0.39, 0.29) is 23.1 Å². The van der Waals surface area contributed by atoms with Crippen LogP contribution in [-0.2, 0) is 0 Å². The Morgan fingerprint density at radius 2 is 0.733 bits per heavy atom. The summed E-state index contributed by atoms with van der Waals surface area (Å²) in [5, 5.41) is 13.8. The maximum absolute atomic E-state index is 13.9. The standard InChI is InChI=1S/C47H61N9O4/c1-6-55(7-2)28-12-22-52-36-14-16-38(42-40(36)44(57)32-18-24-48-30-34(32)46(42)59)50-20-10-26-54(5)27-11-21-51-39-17-15-37(53-23-13-29-56(8-3)9-4)41-43(39)47(60)35-31-49-25-19-33(35)45(41)58/h14-19,24-25,30-31,50-53H,6-13,20-23,26-29H2,1-5H3. The van der Waals surface area contributed by atoms with Gasteiger partial charge >= 0.3 is 0 Å². The molecule has 0 unspecified atom stereocenters. The zero-order valence-corrected chi connectivity index (χ0v) is 36.0. The van der Waals surface area contributed by atoms with Gasteiger partial charge < -0.3 is 36.0 Å². The Kier molecular flexibility index (Phi) is 15.5. The third kappa shape index (κ3) is 9.92. The van der Waals surface area contributed by atoms with E-state index in [1.807, 2.05) is 24.3 Å². The Hall–Kier alpha value is -5.50. The van der Waals surface area contributed by atoms with Gasteiger partial charge in [-0.15, -0.1) is 0 Å². The molecule has 0 radical (unpaired) electrons. The number of anilines is 4. The highest BCUT2D eigenvalue weighted by Crippen LogP contribution is 2.38. The van der Waals surface area contributed by atoms with E-state index in [0.29, 0.717) is 93.4 Å². The Morgan fingerprint density at radius 1 is 0.433 bits per heavy atom. The largest absolute Gasteiger partial charge is 0.384 e. The second-order valence-corrected chi connectivity index (χ2v) is 15.5.